The standard InChI is InChI=1S/C18H20N2.C16H16N2/c1-9-11(3)15-7-8-16-12(4)10(2)14(6)20-18(16)17(15)19-13(9)5;1-9-7-17-15-13(11(9)3)5-6-14-12(4)10(2)8-18-16(14)15/h7-8H,1-6H3;5-8H,1-4H3. The molecule has 0 bridgehead atoms. The van der Waals surface area contributed by atoms with E-state index in [1.165, 1.54) is 66.1 Å². The molecule has 0 unspecified atom stereocenters. The Morgan fingerprint density at radius 1 is 0.368 bits per heavy atom. The Morgan fingerprint density at radius 2 is 0.684 bits per heavy atom. The summed E-state index contributed by atoms with van der Waals surface area (Å²) in [5.74, 6) is 0. The zero-order valence-corrected chi connectivity index (χ0v) is 24.3. The molecule has 38 heavy (non-hydrogen) atoms. The first kappa shape index (κ1) is 25.7. The highest BCUT2D eigenvalue weighted by atomic mass is 14.8. The highest BCUT2D eigenvalue weighted by Gasteiger charge is 2.13. The molecule has 4 heterocycles. The van der Waals surface area contributed by atoms with Crippen LogP contribution in [0.1, 0.15) is 55.9 Å². The first-order valence-corrected chi connectivity index (χ1v) is 13.3. The Bertz CT molecular complexity index is 1780. The SMILES string of the molecule is Cc1cnc2c(ccc3c(C)c(C)cnc32)c1C.Cc1nc2c(ccc3c(C)c(C)c(C)nc32)c(C)c1C. The van der Waals surface area contributed by atoms with Gasteiger partial charge in [0.15, 0.2) is 0 Å². The lowest BCUT2D eigenvalue weighted by Crippen LogP contribution is -1.98. The van der Waals surface area contributed by atoms with Gasteiger partial charge < -0.3 is 0 Å². The van der Waals surface area contributed by atoms with Gasteiger partial charge in [-0.15, -0.1) is 0 Å². The maximum atomic E-state index is 4.81. The van der Waals surface area contributed by atoms with Gasteiger partial charge in [0.05, 0.1) is 22.1 Å². The van der Waals surface area contributed by atoms with Crippen LogP contribution in [0.5, 0.6) is 0 Å². The summed E-state index contributed by atoms with van der Waals surface area (Å²) in [5, 5.41) is 4.85. The third-order valence-electron chi connectivity index (χ3n) is 8.65. The predicted octanol–water partition coefficient (Wildman–Crippen LogP) is 8.65. The van der Waals surface area contributed by atoms with Crippen molar-refractivity contribution < 1.29 is 0 Å². The molecule has 0 N–H and O–H groups in total. The minimum atomic E-state index is 1.01. The first-order chi connectivity index (χ1) is 18.0. The number of benzene rings is 2. The van der Waals surface area contributed by atoms with Crippen LogP contribution in [0, 0.1) is 69.2 Å². The van der Waals surface area contributed by atoms with E-state index in [0.717, 1.165) is 33.5 Å². The Kier molecular flexibility index (Phi) is 6.38. The molecule has 6 aromatic rings. The van der Waals surface area contributed by atoms with Crippen LogP contribution in [0.3, 0.4) is 0 Å². The van der Waals surface area contributed by atoms with E-state index >= 15 is 0 Å². The van der Waals surface area contributed by atoms with Gasteiger partial charge >= 0.3 is 0 Å². The third kappa shape index (κ3) is 3.99. The van der Waals surface area contributed by atoms with Crippen LogP contribution in [-0.4, -0.2) is 19.9 Å². The van der Waals surface area contributed by atoms with E-state index in [1.807, 2.05) is 12.4 Å². The molecule has 4 aromatic heterocycles. The van der Waals surface area contributed by atoms with E-state index in [9.17, 15) is 0 Å². The molecule has 0 amide bonds. The van der Waals surface area contributed by atoms with E-state index in [1.54, 1.807) is 0 Å². The molecule has 0 aliphatic carbocycles. The molecule has 0 saturated heterocycles. The summed E-state index contributed by atoms with van der Waals surface area (Å²) in [5.41, 5.74) is 16.5. The molecular weight excluding hydrogens is 464 g/mol. The van der Waals surface area contributed by atoms with Crippen molar-refractivity contribution in [3.8, 4) is 0 Å². The van der Waals surface area contributed by atoms with E-state index < -0.39 is 0 Å². The average Bonchev–Trinajstić information content (AvgIpc) is 2.90. The van der Waals surface area contributed by atoms with Crippen LogP contribution in [0.25, 0.3) is 43.6 Å². The van der Waals surface area contributed by atoms with Crippen LogP contribution >= 0.6 is 0 Å². The van der Waals surface area contributed by atoms with E-state index in [-0.39, 0.29) is 0 Å². The Balaban J connectivity index is 0.000000156. The lowest BCUT2D eigenvalue weighted by Gasteiger charge is -2.13. The van der Waals surface area contributed by atoms with Crippen molar-refractivity contribution in [3.63, 3.8) is 0 Å². The molecule has 0 spiro atoms. The van der Waals surface area contributed by atoms with Gasteiger partial charge in [-0.05, 0) is 114 Å². The van der Waals surface area contributed by atoms with Crippen LogP contribution in [0.2, 0.25) is 0 Å². The molecule has 0 saturated carbocycles. The average molecular weight is 501 g/mol. The lowest BCUT2D eigenvalue weighted by atomic mass is 9.98. The van der Waals surface area contributed by atoms with Crippen molar-refractivity contribution in [2.75, 3.05) is 0 Å². The molecular formula is C34H36N4. The Hall–Kier alpha value is -3.92. The fourth-order valence-electron chi connectivity index (χ4n) is 5.25. The van der Waals surface area contributed by atoms with Gasteiger partial charge in [-0.25, -0.2) is 0 Å². The fourth-order valence-corrected chi connectivity index (χ4v) is 5.25. The number of fused-ring (bicyclic) bond motifs is 6. The largest absolute Gasteiger partial charge is 0.254 e. The van der Waals surface area contributed by atoms with E-state index in [2.05, 4.69) is 103 Å². The van der Waals surface area contributed by atoms with Crippen LogP contribution in [-0.2, 0) is 0 Å². The van der Waals surface area contributed by atoms with Gasteiger partial charge in [-0.2, -0.15) is 0 Å². The fraction of sp³-hybridized carbons (Fsp3) is 0.294. The van der Waals surface area contributed by atoms with E-state index in [4.69, 9.17) is 9.97 Å². The Morgan fingerprint density at radius 3 is 1.03 bits per heavy atom. The number of rotatable bonds is 0. The predicted molar refractivity (Wildman–Crippen MR) is 161 cm³/mol. The van der Waals surface area contributed by atoms with Crippen molar-refractivity contribution in [1.82, 2.24) is 19.9 Å². The summed E-state index contributed by atoms with van der Waals surface area (Å²) >= 11 is 0. The third-order valence-corrected chi connectivity index (χ3v) is 8.65. The van der Waals surface area contributed by atoms with Gasteiger partial charge in [-0.3, -0.25) is 19.9 Å². The van der Waals surface area contributed by atoms with Gasteiger partial charge in [0, 0.05) is 45.3 Å². The molecule has 0 radical (unpaired) electrons. The number of aryl methyl sites for hydroxylation is 8. The maximum Gasteiger partial charge on any atom is 0.0970 e. The van der Waals surface area contributed by atoms with Crippen molar-refractivity contribution in [1.29, 1.82) is 0 Å². The van der Waals surface area contributed by atoms with E-state index in [0.29, 0.717) is 0 Å². The molecule has 6 rings (SSSR count). The van der Waals surface area contributed by atoms with Crippen LogP contribution in [0.15, 0.2) is 36.7 Å². The number of hydrogen-bond acceptors (Lipinski definition) is 4. The summed E-state index contributed by atoms with van der Waals surface area (Å²) in [6.45, 7) is 21.3. The van der Waals surface area contributed by atoms with Gasteiger partial charge in [0.1, 0.15) is 0 Å². The van der Waals surface area contributed by atoms with Crippen molar-refractivity contribution >= 4 is 43.6 Å². The minimum Gasteiger partial charge on any atom is -0.254 e. The summed E-state index contributed by atoms with van der Waals surface area (Å²) in [6.07, 6.45) is 3.88. The second-order valence-corrected chi connectivity index (χ2v) is 10.7. The van der Waals surface area contributed by atoms with Crippen LogP contribution in [0.4, 0.5) is 0 Å². The summed E-state index contributed by atoms with van der Waals surface area (Å²) in [7, 11) is 0. The van der Waals surface area contributed by atoms with Gasteiger partial charge in [0.2, 0.25) is 0 Å². The summed E-state index contributed by atoms with van der Waals surface area (Å²) < 4.78 is 0. The molecule has 0 aliphatic rings. The Labute approximate surface area is 225 Å². The van der Waals surface area contributed by atoms with Crippen molar-refractivity contribution in [2.45, 2.75) is 69.2 Å². The quantitative estimate of drug-likeness (QED) is 0.196. The normalized spacial score (nSPS) is 11.4. The molecule has 4 nitrogen and oxygen atoms in total. The topological polar surface area (TPSA) is 51.6 Å². The lowest BCUT2D eigenvalue weighted by molar-refractivity contribution is 1.15. The molecule has 2 aromatic carbocycles. The number of pyridine rings is 4. The number of aromatic nitrogens is 4. The minimum absolute atomic E-state index is 1.01. The first-order valence-electron chi connectivity index (χ1n) is 13.3. The van der Waals surface area contributed by atoms with Crippen LogP contribution < -0.4 is 0 Å². The van der Waals surface area contributed by atoms with Crippen molar-refractivity contribution in [3.05, 3.63) is 92.6 Å². The summed E-state index contributed by atoms with van der Waals surface area (Å²) in [6, 6.07) is 8.72. The number of hydrogen-bond donors (Lipinski definition) is 0. The zero-order chi connectivity index (χ0) is 27.5. The number of nitrogens with zero attached hydrogens (tertiary/aromatic N) is 4. The van der Waals surface area contributed by atoms with Gasteiger partial charge in [-0.1, -0.05) is 24.3 Å². The summed E-state index contributed by atoms with van der Waals surface area (Å²) in [4.78, 5) is 18.8. The smallest absolute Gasteiger partial charge is 0.0970 e. The second-order valence-electron chi connectivity index (χ2n) is 10.7. The molecule has 4 heteroatoms. The zero-order valence-electron chi connectivity index (χ0n) is 24.3. The molecule has 0 aliphatic heterocycles. The molecule has 0 fully saturated rings. The van der Waals surface area contributed by atoms with Gasteiger partial charge in [0.25, 0.3) is 0 Å². The molecule has 0 atom stereocenters. The highest BCUT2D eigenvalue weighted by molar-refractivity contribution is 6.06. The van der Waals surface area contributed by atoms with Crippen molar-refractivity contribution in [2.24, 2.45) is 0 Å². The maximum absolute atomic E-state index is 4.81. The monoisotopic (exact) mass is 500 g/mol. The molecule has 192 valence electrons. The highest BCUT2D eigenvalue weighted by Crippen LogP contribution is 2.31. The second kappa shape index (κ2) is 9.43.